The smallest absolute Gasteiger partial charge is 0.419 e. The molecule has 11 heteroatoms. The molecular weight excluding hydrogens is 475 g/mol. The Labute approximate surface area is 206 Å². The lowest BCUT2D eigenvalue weighted by Crippen LogP contribution is -2.36. The number of methoxy groups -OCH3 is 1. The Hall–Kier alpha value is -3.99. The number of carbonyl (C=O) groups excluding carboxylic acids is 1. The van der Waals surface area contributed by atoms with Gasteiger partial charge in [0.15, 0.2) is 0 Å². The summed E-state index contributed by atoms with van der Waals surface area (Å²) in [5.74, 6) is 0.358. The van der Waals surface area contributed by atoms with Gasteiger partial charge >= 0.3 is 6.18 Å². The number of halogens is 3. The maximum Gasteiger partial charge on any atom is 0.419 e. The Morgan fingerprint density at radius 3 is 2.39 bits per heavy atom. The van der Waals surface area contributed by atoms with Gasteiger partial charge in [-0.3, -0.25) is 4.79 Å². The van der Waals surface area contributed by atoms with Gasteiger partial charge in [-0.05, 0) is 24.3 Å². The van der Waals surface area contributed by atoms with Gasteiger partial charge in [0.25, 0.3) is 0 Å². The van der Waals surface area contributed by atoms with Gasteiger partial charge < -0.3 is 30.3 Å². The SMILES string of the molecule is COc1cc(N2CCOCC2)ccc1Nc1cc(Nc2ccccc2NC(C)=O)c(C(F)(F)F)cn1. The van der Waals surface area contributed by atoms with Crippen molar-refractivity contribution in [1.82, 2.24) is 4.98 Å². The molecule has 0 aliphatic carbocycles. The molecule has 0 atom stereocenters. The lowest BCUT2D eigenvalue weighted by molar-refractivity contribution is -0.137. The van der Waals surface area contributed by atoms with Crippen LogP contribution >= 0.6 is 0 Å². The van der Waals surface area contributed by atoms with E-state index in [1.807, 2.05) is 12.1 Å². The molecule has 1 aliphatic heterocycles. The molecule has 0 spiro atoms. The molecule has 2 heterocycles. The highest BCUT2D eigenvalue weighted by Crippen LogP contribution is 2.39. The highest BCUT2D eigenvalue weighted by Gasteiger charge is 2.34. The molecule has 3 aromatic rings. The van der Waals surface area contributed by atoms with E-state index < -0.39 is 11.7 Å². The van der Waals surface area contributed by atoms with Gasteiger partial charge in [0.1, 0.15) is 11.6 Å². The first-order valence-electron chi connectivity index (χ1n) is 11.2. The molecule has 3 N–H and O–H groups in total. The fourth-order valence-corrected chi connectivity index (χ4v) is 3.83. The van der Waals surface area contributed by atoms with Crippen LogP contribution in [0, 0.1) is 0 Å². The molecule has 1 saturated heterocycles. The third-order valence-electron chi connectivity index (χ3n) is 5.54. The van der Waals surface area contributed by atoms with E-state index in [1.165, 1.54) is 20.1 Å². The van der Waals surface area contributed by atoms with Gasteiger partial charge in [-0.25, -0.2) is 4.98 Å². The predicted molar refractivity (Wildman–Crippen MR) is 133 cm³/mol. The maximum atomic E-state index is 13.8. The third-order valence-corrected chi connectivity index (χ3v) is 5.54. The van der Waals surface area contributed by atoms with E-state index in [4.69, 9.17) is 9.47 Å². The molecule has 1 fully saturated rings. The van der Waals surface area contributed by atoms with E-state index in [1.54, 1.807) is 30.3 Å². The van der Waals surface area contributed by atoms with E-state index in [2.05, 4.69) is 25.8 Å². The van der Waals surface area contributed by atoms with Crippen molar-refractivity contribution in [2.45, 2.75) is 13.1 Å². The minimum atomic E-state index is -4.64. The van der Waals surface area contributed by atoms with E-state index in [-0.39, 0.29) is 17.4 Å². The number of ether oxygens (including phenoxy) is 2. The second-order valence-corrected chi connectivity index (χ2v) is 8.07. The summed E-state index contributed by atoms with van der Waals surface area (Å²) in [5.41, 5.74) is 0.999. The van der Waals surface area contributed by atoms with Gasteiger partial charge in [-0.15, -0.1) is 0 Å². The summed E-state index contributed by atoms with van der Waals surface area (Å²) >= 11 is 0. The molecule has 4 rings (SSSR count). The molecular formula is C25H26F3N5O3. The van der Waals surface area contributed by atoms with Gasteiger partial charge in [-0.2, -0.15) is 13.2 Å². The molecule has 190 valence electrons. The highest BCUT2D eigenvalue weighted by molar-refractivity contribution is 5.93. The van der Waals surface area contributed by atoms with Crippen molar-refractivity contribution < 1.29 is 27.4 Å². The fraction of sp³-hybridized carbons (Fsp3) is 0.280. The van der Waals surface area contributed by atoms with Crippen molar-refractivity contribution in [1.29, 1.82) is 0 Å². The lowest BCUT2D eigenvalue weighted by atomic mass is 10.2. The molecule has 0 unspecified atom stereocenters. The summed E-state index contributed by atoms with van der Waals surface area (Å²) in [6, 6.07) is 13.3. The average molecular weight is 502 g/mol. The molecule has 36 heavy (non-hydrogen) atoms. The fourth-order valence-electron chi connectivity index (χ4n) is 3.83. The second kappa shape index (κ2) is 10.7. The number of rotatable bonds is 7. The van der Waals surface area contributed by atoms with E-state index in [0.717, 1.165) is 25.0 Å². The first-order valence-corrected chi connectivity index (χ1v) is 11.2. The normalized spacial score (nSPS) is 13.8. The van der Waals surface area contributed by atoms with Crippen LogP contribution in [-0.2, 0) is 15.7 Å². The predicted octanol–water partition coefficient (Wildman–Crippen LogP) is 5.39. The van der Waals surface area contributed by atoms with Gasteiger partial charge in [0.05, 0.1) is 48.6 Å². The van der Waals surface area contributed by atoms with E-state index in [9.17, 15) is 18.0 Å². The topological polar surface area (TPSA) is 87.8 Å². The van der Waals surface area contributed by atoms with Crippen molar-refractivity contribution in [3.8, 4) is 5.75 Å². The zero-order valence-electron chi connectivity index (χ0n) is 19.8. The Kier molecular flexibility index (Phi) is 7.49. The number of hydrogen-bond acceptors (Lipinski definition) is 7. The van der Waals surface area contributed by atoms with E-state index >= 15 is 0 Å². The van der Waals surface area contributed by atoms with Gasteiger partial charge in [0, 0.05) is 44.0 Å². The number of pyridine rings is 1. The zero-order chi connectivity index (χ0) is 25.7. The Balaban J connectivity index is 1.64. The number of para-hydroxylation sites is 2. The van der Waals surface area contributed by atoms with E-state index in [0.29, 0.717) is 36.0 Å². The van der Waals surface area contributed by atoms with Gasteiger partial charge in [-0.1, -0.05) is 12.1 Å². The zero-order valence-corrected chi connectivity index (χ0v) is 19.8. The first-order chi connectivity index (χ1) is 17.2. The monoisotopic (exact) mass is 501 g/mol. The number of carbonyl (C=O) groups is 1. The standard InChI is InChI=1S/C25H26F3N5O3/c1-16(34)30-19-5-3-4-6-20(19)31-22-14-24(29-15-18(22)25(26,27)28)32-21-8-7-17(13-23(21)35-2)33-9-11-36-12-10-33/h3-8,13-15H,9-12H2,1-2H3,(H,30,34)(H2,29,31,32). The molecule has 1 aromatic heterocycles. The molecule has 0 bridgehead atoms. The molecule has 1 amide bonds. The number of alkyl halides is 3. The van der Waals surface area contributed by atoms with Crippen molar-refractivity contribution in [3.05, 3.63) is 60.3 Å². The van der Waals surface area contributed by atoms with Crippen LogP contribution < -0.4 is 25.6 Å². The number of nitrogens with one attached hydrogen (secondary N) is 3. The Bertz CT molecular complexity index is 1230. The van der Waals surface area contributed by atoms with Crippen LogP contribution in [0.15, 0.2) is 54.7 Å². The van der Waals surface area contributed by atoms with Crippen molar-refractivity contribution in [3.63, 3.8) is 0 Å². The summed E-state index contributed by atoms with van der Waals surface area (Å²) in [4.78, 5) is 17.7. The minimum Gasteiger partial charge on any atom is -0.494 e. The number of aromatic nitrogens is 1. The van der Waals surface area contributed by atoms with Crippen molar-refractivity contribution in [2.75, 3.05) is 54.3 Å². The number of amides is 1. The molecule has 0 saturated carbocycles. The van der Waals surface area contributed by atoms with Gasteiger partial charge in [0.2, 0.25) is 5.91 Å². The Morgan fingerprint density at radius 1 is 1.00 bits per heavy atom. The van der Waals surface area contributed by atoms with Crippen LogP contribution in [0.3, 0.4) is 0 Å². The number of anilines is 6. The van der Waals surface area contributed by atoms with Crippen LogP contribution in [0.2, 0.25) is 0 Å². The largest absolute Gasteiger partial charge is 0.494 e. The van der Waals surface area contributed by atoms with Crippen molar-refractivity contribution >= 4 is 40.2 Å². The van der Waals surface area contributed by atoms with Crippen molar-refractivity contribution in [2.24, 2.45) is 0 Å². The summed E-state index contributed by atoms with van der Waals surface area (Å²) in [5, 5.41) is 8.46. The number of morpholine rings is 1. The molecule has 8 nitrogen and oxygen atoms in total. The number of hydrogen-bond donors (Lipinski definition) is 3. The minimum absolute atomic E-state index is 0.180. The summed E-state index contributed by atoms with van der Waals surface area (Å²) in [6.45, 7) is 4.11. The molecule has 1 aliphatic rings. The third kappa shape index (κ3) is 5.98. The molecule has 0 radical (unpaired) electrons. The quantitative estimate of drug-likeness (QED) is 0.400. The first kappa shape index (κ1) is 25.1. The maximum absolute atomic E-state index is 13.8. The number of nitrogens with zero attached hydrogens (tertiary/aromatic N) is 2. The van der Waals surface area contributed by atoms with Crippen LogP contribution in [-0.4, -0.2) is 44.3 Å². The highest BCUT2D eigenvalue weighted by atomic mass is 19.4. The summed E-state index contributed by atoms with van der Waals surface area (Å²) in [6.07, 6.45) is -3.88. The summed E-state index contributed by atoms with van der Waals surface area (Å²) in [7, 11) is 1.52. The average Bonchev–Trinajstić information content (AvgIpc) is 2.85. The second-order valence-electron chi connectivity index (χ2n) is 8.07. The van der Waals surface area contributed by atoms with Crippen LogP contribution in [0.25, 0.3) is 0 Å². The van der Waals surface area contributed by atoms with Crippen LogP contribution in [0.4, 0.5) is 47.4 Å². The molecule has 2 aromatic carbocycles. The summed E-state index contributed by atoms with van der Waals surface area (Å²) < 4.78 is 52.2. The number of benzene rings is 2. The Morgan fingerprint density at radius 2 is 1.72 bits per heavy atom. The lowest BCUT2D eigenvalue weighted by Gasteiger charge is -2.29. The van der Waals surface area contributed by atoms with Crippen LogP contribution in [0.1, 0.15) is 12.5 Å². The van der Waals surface area contributed by atoms with Crippen LogP contribution in [0.5, 0.6) is 5.75 Å².